The molecule has 0 aromatic heterocycles. The summed E-state index contributed by atoms with van der Waals surface area (Å²) in [5, 5.41) is 17.4. The van der Waals surface area contributed by atoms with Crippen LogP contribution in [0.15, 0.2) is 12.1 Å². The largest absolute Gasteiger partial charge is 0.494 e. The molecule has 82 valence electrons. The SMILES string of the molecule is COCOc1ccc(F)c(B(O)O)c1F. The lowest BCUT2D eigenvalue weighted by molar-refractivity contribution is 0.0483. The third kappa shape index (κ3) is 2.65. The van der Waals surface area contributed by atoms with Crippen LogP contribution in [0.2, 0.25) is 0 Å². The Hall–Kier alpha value is -1.18. The second kappa shape index (κ2) is 5.06. The van der Waals surface area contributed by atoms with Crippen LogP contribution in [0.5, 0.6) is 5.75 Å². The van der Waals surface area contributed by atoms with Gasteiger partial charge >= 0.3 is 7.12 Å². The molecule has 2 N–H and O–H groups in total. The molecule has 0 atom stereocenters. The van der Waals surface area contributed by atoms with Crippen LogP contribution < -0.4 is 10.2 Å². The molecule has 0 heterocycles. The number of hydrogen-bond acceptors (Lipinski definition) is 4. The fraction of sp³-hybridized carbons (Fsp3) is 0.250. The van der Waals surface area contributed by atoms with Gasteiger partial charge in [0.25, 0.3) is 0 Å². The van der Waals surface area contributed by atoms with Crippen LogP contribution in [0.4, 0.5) is 8.78 Å². The summed E-state index contributed by atoms with van der Waals surface area (Å²) in [7, 11) is -0.889. The number of benzene rings is 1. The lowest BCUT2D eigenvalue weighted by Crippen LogP contribution is -2.36. The summed E-state index contributed by atoms with van der Waals surface area (Å²) in [5.74, 6) is -2.50. The number of halogens is 2. The fourth-order valence-electron chi connectivity index (χ4n) is 1.02. The standard InChI is InChI=1S/C8H9BF2O4/c1-14-4-15-6-3-2-5(10)7(8(6)11)9(12)13/h2-3,12-13H,4H2,1H3. The van der Waals surface area contributed by atoms with Gasteiger partial charge in [-0.15, -0.1) is 0 Å². The Morgan fingerprint density at radius 2 is 2.00 bits per heavy atom. The maximum atomic E-state index is 13.4. The number of hydrogen-bond donors (Lipinski definition) is 2. The average molecular weight is 218 g/mol. The molecule has 0 bridgehead atoms. The van der Waals surface area contributed by atoms with Crippen molar-refractivity contribution in [2.24, 2.45) is 0 Å². The number of methoxy groups -OCH3 is 1. The van der Waals surface area contributed by atoms with E-state index < -0.39 is 24.2 Å². The fourth-order valence-corrected chi connectivity index (χ4v) is 1.02. The molecule has 0 spiro atoms. The van der Waals surface area contributed by atoms with Crippen LogP contribution in [0.25, 0.3) is 0 Å². The minimum Gasteiger partial charge on any atom is -0.465 e. The highest BCUT2D eigenvalue weighted by Crippen LogP contribution is 2.16. The van der Waals surface area contributed by atoms with Gasteiger partial charge in [0.2, 0.25) is 0 Å². The van der Waals surface area contributed by atoms with E-state index in [1.54, 1.807) is 0 Å². The lowest BCUT2D eigenvalue weighted by Gasteiger charge is -2.09. The third-order valence-corrected chi connectivity index (χ3v) is 1.68. The summed E-state index contributed by atoms with van der Waals surface area (Å²) >= 11 is 0. The highest BCUT2D eigenvalue weighted by Gasteiger charge is 2.24. The van der Waals surface area contributed by atoms with E-state index in [0.717, 1.165) is 12.1 Å². The summed E-state index contributed by atoms with van der Waals surface area (Å²) in [6, 6.07) is 1.92. The van der Waals surface area contributed by atoms with Gasteiger partial charge in [-0.3, -0.25) is 0 Å². The van der Waals surface area contributed by atoms with Gasteiger partial charge in [-0.25, -0.2) is 8.78 Å². The third-order valence-electron chi connectivity index (χ3n) is 1.68. The van der Waals surface area contributed by atoms with E-state index in [9.17, 15) is 8.78 Å². The molecule has 0 saturated heterocycles. The van der Waals surface area contributed by atoms with E-state index in [2.05, 4.69) is 4.74 Å². The molecule has 0 saturated carbocycles. The quantitative estimate of drug-likeness (QED) is 0.534. The first-order valence-corrected chi connectivity index (χ1v) is 4.03. The Labute approximate surface area is 85.2 Å². The van der Waals surface area contributed by atoms with Crippen molar-refractivity contribution in [3.8, 4) is 5.75 Å². The molecule has 1 rings (SSSR count). The van der Waals surface area contributed by atoms with Crippen molar-refractivity contribution in [2.45, 2.75) is 0 Å². The molecular weight excluding hydrogens is 209 g/mol. The van der Waals surface area contributed by atoms with Crippen molar-refractivity contribution in [3.63, 3.8) is 0 Å². The average Bonchev–Trinajstić information content (AvgIpc) is 2.16. The summed E-state index contributed by atoms with van der Waals surface area (Å²) in [6.45, 7) is -0.219. The molecule has 4 nitrogen and oxygen atoms in total. The summed E-state index contributed by atoms with van der Waals surface area (Å²) in [6.07, 6.45) is 0. The van der Waals surface area contributed by atoms with Gasteiger partial charge in [0, 0.05) is 7.11 Å². The van der Waals surface area contributed by atoms with E-state index in [1.807, 2.05) is 0 Å². The molecule has 0 unspecified atom stereocenters. The van der Waals surface area contributed by atoms with Crippen molar-refractivity contribution in [3.05, 3.63) is 23.8 Å². The second-order valence-electron chi connectivity index (χ2n) is 2.70. The monoisotopic (exact) mass is 218 g/mol. The molecule has 0 fully saturated rings. The summed E-state index contributed by atoms with van der Waals surface area (Å²) in [5.41, 5.74) is -0.844. The summed E-state index contributed by atoms with van der Waals surface area (Å²) < 4.78 is 35.6. The van der Waals surface area contributed by atoms with Gasteiger partial charge in [-0.2, -0.15) is 0 Å². The Morgan fingerprint density at radius 1 is 1.33 bits per heavy atom. The van der Waals surface area contributed by atoms with E-state index in [0.29, 0.717) is 0 Å². The molecule has 0 amide bonds. The topological polar surface area (TPSA) is 58.9 Å². The predicted octanol–water partition coefficient (Wildman–Crippen LogP) is -0.373. The normalized spacial score (nSPS) is 10.2. The minimum absolute atomic E-state index is 0.219. The Balaban J connectivity index is 3.05. The van der Waals surface area contributed by atoms with Gasteiger partial charge in [-0.05, 0) is 12.1 Å². The zero-order chi connectivity index (χ0) is 11.4. The Bertz CT molecular complexity index is 346. The number of rotatable bonds is 4. The van der Waals surface area contributed by atoms with Crippen molar-refractivity contribution >= 4 is 12.6 Å². The second-order valence-corrected chi connectivity index (χ2v) is 2.70. The van der Waals surface area contributed by atoms with Gasteiger partial charge in [0.1, 0.15) is 5.82 Å². The molecular formula is C8H9BF2O4. The maximum absolute atomic E-state index is 13.4. The van der Waals surface area contributed by atoms with Crippen LogP contribution in [-0.4, -0.2) is 31.1 Å². The molecule has 0 aliphatic rings. The van der Waals surface area contributed by atoms with Gasteiger partial charge < -0.3 is 19.5 Å². The zero-order valence-corrected chi connectivity index (χ0v) is 7.91. The highest BCUT2D eigenvalue weighted by atomic mass is 19.1. The molecule has 1 aromatic rings. The smallest absolute Gasteiger partial charge is 0.465 e. The van der Waals surface area contributed by atoms with Crippen molar-refractivity contribution in [2.75, 3.05) is 13.9 Å². The van der Waals surface area contributed by atoms with Crippen LogP contribution >= 0.6 is 0 Å². The first-order valence-electron chi connectivity index (χ1n) is 4.03. The van der Waals surface area contributed by atoms with Gasteiger partial charge in [0.15, 0.2) is 18.4 Å². The maximum Gasteiger partial charge on any atom is 0.494 e. The van der Waals surface area contributed by atoms with Crippen LogP contribution in [0, 0.1) is 11.6 Å². The minimum atomic E-state index is -2.23. The van der Waals surface area contributed by atoms with Crippen LogP contribution in [0.1, 0.15) is 0 Å². The zero-order valence-electron chi connectivity index (χ0n) is 7.91. The van der Waals surface area contributed by atoms with E-state index in [-0.39, 0.29) is 12.5 Å². The summed E-state index contributed by atoms with van der Waals surface area (Å²) in [4.78, 5) is 0. The first kappa shape index (κ1) is 11.9. The molecule has 0 aliphatic heterocycles. The van der Waals surface area contributed by atoms with Crippen LogP contribution in [-0.2, 0) is 4.74 Å². The van der Waals surface area contributed by atoms with E-state index in [4.69, 9.17) is 14.8 Å². The Kier molecular flexibility index (Phi) is 4.01. The van der Waals surface area contributed by atoms with E-state index in [1.165, 1.54) is 7.11 Å². The first-order chi connectivity index (χ1) is 7.07. The van der Waals surface area contributed by atoms with Gasteiger partial charge in [0.05, 0.1) is 5.46 Å². The molecule has 1 aromatic carbocycles. The lowest BCUT2D eigenvalue weighted by atomic mass is 9.79. The van der Waals surface area contributed by atoms with Gasteiger partial charge in [-0.1, -0.05) is 0 Å². The van der Waals surface area contributed by atoms with Crippen molar-refractivity contribution in [1.82, 2.24) is 0 Å². The number of ether oxygens (including phenoxy) is 2. The van der Waals surface area contributed by atoms with Crippen molar-refractivity contribution < 1.29 is 28.3 Å². The Morgan fingerprint density at radius 3 is 2.53 bits per heavy atom. The van der Waals surface area contributed by atoms with Crippen molar-refractivity contribution in [1.29, 1.82) is 0 Å². The highest BCUT2D eigenvalue weighted by molar-refractivity contribution is 6.58. The predicted molar refractivity (Wildman–Crippen MR) is 48.7 cm³/mol. The van der Waals surface area contributed by atoms with Crippen LogP contribution in [0.3, 0.4) is 0 Å². The molecule has 0 aliphatic carbocycles. The van der Waals surface area contributed by atoms with E-state index >= 15 is 0 Å². The molecule has 7 heteroatoms. The molecule has 0 radical (unpaired) electrons. The molecule has 15 heavy (non-hydrogen) atoms.